The zero-order chi connectivity index (χ0) is 88.6. The van der Waals surface area contributed by atoms with Gasteiger partial charge in [0.25, 0.3) is 0 Å². The van der Waals surface area contributed by atoms with Gasteiger partial charge in [-0.25, -0.2) is 13.4 Å². The number of unbranched alkanes of at least 4 members (excludes halogenated alkanes) is 13. The molecule has 676 valence electrons. The fourth-order valence-corrected chi connectivity index (χ4v) is 16.1. The van der Waals surface area contributed by atoms with E-state index in [9.17, 15) is 66.6 Å². The molecule has 0 aliphatic carbocycles. The highest BCUT2D eigenvalue weighted by Gasteiger charge is 2.44. The zero-order valence-corrected chi connectivity index (χ0v) is 71.7. The van der Waals surface area contributed by atoms with Gasteiger partial charge >= 0.3 is 0 Å². The third kappa shape index (κ3) is 38.2. The highest BCUT2D eigenvalue weighted by Crippen LogP contribution is 2.27. The number of benzene rings is 2. The molecule has 0 saturated carbocycles. The van der Waals surface area contributed by atoms with Crippen molar-refractivity contribution in [2.45, 2.75) is 281 Å². The first-order valence-electron chi connectivity index (χ1n) is 43.5. The van der Waals surface area contributed by atoms with Gasteiger partial charge in [0.2, 0.25) is 69.1 Å². The van der Waals surface area contributed by atoms with Crippen molar-refractivity contribution in [3.63, 3.8) is 0 Å². The quantitative estimate of drug-likeness (QED) is 0.0168. The molecule has 122 heavy (non-hydrogen) atoms. The van der Waals surface area contributed by atoms with Crippen LogP contribution in [0.15, 0.2) is 73.3 Å². The van der Waals surface area contributed by atoms with Gasteiger partial charge in [0, 0.05) is 107 Å². The monoisotopic (exact) mass is 1720 g/mol. The van der Waals surface area contributed by atoms with Crippen molar-refractivity contribution in [3.05, 3.63) is 90.1 Å². The van der Waals surface area contributed by atoms with E-state index in [2.05, 4.69) is 69.1 Å². The van der Waals surface area contributed by atoms with Crippen LogP contribution >= 0.6 is 0 Å². The van der Waals surface area contributed by atoms with E-state index >= 15 is 14.4 Å². The molecular formula is C86H132N16O19S. The van der Waals surface area contributed by atoms with Gasteiger partial charge in [0.05, 0.1) is 68.3 Å². The van der Waals surface area contributed by atoms with Crippen LogP contribution in [0.25, 0.3) is 10.9 Å². The van der Waals surface area contributed by atoms with Crippen LogP contribution in [0.3, 0.4) is 0 Å². The van der Waals surface area contributed by atoms with Gasteiger partial charge in [0.1, 0.15) is 42.6 Å². The molecule has 2 fully saturated rings. The van der Waals surface area contributed by atoms with Crippen LogP contribution in [0.4, 0.5) is 0 Å². The highest BCUT2D eigenvalue weighted by molar-refractivity contribution is 7.90. The summed E-state index contributed by atoms with van der Waals surface area (Å²) in [6.07, 6.45) is 17.4. The van der Waals surface area contributed by atoms with E-state index in [-0.39, 0.29) is 147 Å². The molecule has 0 radical (unpaired) electrons. The molecule has 2 aliphatic heterocycles. The van der Waals surface area contributed by atoms with Crippen molar-refractivity contribution in [2.24, 2.45) is 23.3 Å². The largest absolute Gasteiger partial charge is 0.396 e. The number of aromatic nitrogens is 3. The van der Waals surface area contributed by atoms with Crippen molar-refractivity contribution in [2.75, 3.05) is 58.4 Å². The van der Waals surface area contributed by atoms with Gasteiger partial charge in [-0.05, 0) is 75.0 Å². The van der Waals surface area contributed by atoms with Gasteiger partial charge in [-0.3, -0.25) is 72.5 Å². The first-order chi connectivity index (χ1) is 58.7. The fraction of sp³-hybridized carbons (Fsp3) is 0.640. The van der Waals surface area contributed by atoms with Crippen LogP contribution in [0.1, 0.15) is 230 Å². The average Bonchev–Trinajstić information content (AvgIpc) is 1.66. The summed E-state index contributed by atoms with van der Waals surface area (Å²) in [4.78, 5) is 195. The molecule has 36 heteroatoms. The number of sulfonamides is 1. The number of nitrogens with zero attached hydrogens (tertiary/aromatic N) is 2. The number of Topliss-reactive ketones (excluding diaryl/α,β-unsaturated/α-hetero) is 3. The summed E-state index contributed by atoms with van der Waals surface area (Å²) in [7, 11) is -3.92. The molecule has 2 aromatic carbocycles. The number of imidazole rings is 1. The number of aliphatic hydroxyl groups is 2. The van der Waals surface area contributed by atoms with Crippen LogP contribution in [0.5, 0.6) is 0 Å². The Morgan fingerprint density at radius 2 is 1.34 bits per heavy atom. The summed E-state index contributed by atoms with van der Waals surface area (Å²) < 4.78 is 38.2. The maximum Gasteiger partial charge on any atom is 0.246 e. The zero-order valence-electron chi connectivity index (χ0n) is 70.9. The van der Waals surface area contributed by atoms with E-state index in [1.54, 1.807) is 42.6 Å². The first-order valence-corrected chi connectivity index (χ1v) is 45.2. The lowest BCUT2D eigenvalue weighted by Crippen LogP contribution is -2.57. The Hall–Kier alpha value is -10.0. The first kappa shape index (κ1) is 101. The van der Waals surface area contributed by atoms with Crippen molar-refractivity contribution in [1.29, 1.82) is 5.41 Å². The number of hydrogen-bond acceptors (Lipinski definition) is 21. The number of ether oxygens (including phenoxy) is 2. The lowest BCUT2D eigenvalue weighted by Gasteiger charge is -2.31. The van der Waals surface area contributed by atoms with E-state index in [0.717, 1.165) is 41.5 Å². The molecule has 18 N–H and O–H groups in total. The number of rotatable bonds is 50. The number of aliphatic hydroxyl groups excluding tert-OH is 2. The maximum atomic E-state index is 15.3. The predicted molar refractivity (Wildman–Crippen MR) is 457 cm³/mol. The summed E-state index contributed by atoms with van der Waals surface area (Å²) in [5.74, 6) is -12.9. The Balaban J connectivity index is 1.07. The van der Waals surface area contributed by atoms with E-state index in [1.165, 1.54) is 63.9 Å². The lowest BCUT2D eigenvalue weighted by atomic mass is 9.90. The molecule has 0 unspecified atom stereocenters. The third-order valence-electron chi connectivity index (χ3n) is 21.8. The van der Waals surface area contributed by atoms with Crippen LogP contribution in [-0.2, 0) is 101 Å². The molecule has 35 nitrogen and oxygen atoms in total. The third-order valence-corrected chi connectivity index (χ3v) is 23.2. The summed E-state index contributed by atoms with van der Waals surface area (Å²) in [5.41, 5.74) is 13.8. The van der Waals surface area contributed by atoms with Gasteiger partial charge < -0.3 is 88.6 Å². The van der Waals surface area contributed by atoms with Crippen molar-refractivity contribution >= 4 is 103 Å². The lowest BCUT2D eigenvalue weighted by molar-refractivity contribution is -0.142. The Morgan fingerprint density at radius 1 is 0.672 bits per heavy atom. The minimum absolute atomic E-state index is 0.0122. The SMILES string of the molecule is CCCCCCCCCCCCCCCC(=O)NS(=O)(=O)CCCC(=O)NCCOCCOCC(=O)N[C@@H](Cc1c[nH]cn1)C(=O)C[C@@H](CO)C(=O)N[C@@H](CCCC)C(=O)N[C@H]1CCC(=O)CCCCC[C@@H](C(N)=O)NC(=O)[C@H](Cc2c[nH]c3ccccc23)NC(=O)[C@H](CCCNC(=N)N)NC(=O)[C@@H](Cc2ccccc2)CC(=O)[C@@H]2C[C@@H](O)CN2C1=O. The van der Waals surface area contributed by atoms with Gasteiger partial charge in [-0.1, -0.05) is 165 Å². The van der Waals surface area contributed by atoms with E-state index < -0.39 is 179 Å². The number of ketones is 3. The van der Waals surface area contributed by atoms with E-state index in [0.29, 0.717) is 42.5 Å². The van der Waals surface area contributed by atoms with Crippen LogP contribution < -0.4 is 58.7 Å². The summed E-state index contributed by atoms with van der Waals surface area (Å²) in [6, 6.07) is 6.26. The van der Waals surface area contributed by atoms with Crippen molar-refractivity contribution < 1.29 is 90.4 Å². The average molecular weight is 1730 g/mol. The Kier molecular flexibility index (Phi) is 46.1. The molecule has 2 aliphatic rings. The number of fused-ring (bicyclic) bond motifs is 2. The summed E-state index contributed by atoms with van der Waals surface area (Å²) in [5, 5.41) is 52.2. The number of guanidine groups is 1. The minimum Gasteiger partial charge on any atom is -0.396 e. The van der Waals surface area contributed by atoms with Crippen molar-refractivity contribution in [3.8, 4) is 0 Å². The number of primary amides is 1. The highest BCUT2D eigenvalue weighted by atomic mass is 32.2. The second kappa shape index (κ2) is 55.9. The standard InChI is InChI=1S/C86H132N16O19S/c1-3-5-7-8-9-10-11-12-13-14-15-16-23-36-77(109)101-122(118,119)45-27-37-76(108)91-41-42-120-43-44-121-56-78(110)95-71(50-62-53-90-57-94-62)74(106)49-61(55-103)81(113)98-68(32-6-4-2)82(114)99-70-39-38-63(104)30-21-18-22-34-67(79(87)111)96-84(116)72(47-60-52-93-66-33-25-24-31-65(60)66)100-83(115)69(35-26-40-92-86(88)89)97-80(112)59(46-58-28-19-17-20-29-58)48-75(107)73-51-64(105)54-102(73)85(70)117/h17,19-20,24-25,28-29,31,33,52-53,57,59,61,64,67-73,93,103,105H,3-16,18,21-23,26-27,30,32,34-51,54-56H2,1-2H3,(H2,87,111)(H,90,94)(H,91,108)(H,95,110)(H,96,116)(H,97,112)(H,98,113)(H,99,114)(H,100,115)(H,101,109)(H4,88,89,92)/t59-,61-,64+,67-,68-,69-,70-,71-,72-,73-/m0/s1. The summed E-state index contributed by atoms with van der Waals surface area (Å²) in [6.45, 7) is 2.28. The Labute approximate surface area is 715 Å². The van der Waals surface area contributed by atoms with Crippen LogP contribution in [0.2, 0.25) is 0 Å². The fourth-order valence-electron chi connectivity index (χ4n) is 15.0. The van der Waals surface area contributed by atoms with Crippen molar-refractivity contribution in [1.82, 2.24) is 67.1 Å². The maximum absolute atomic E-state index is 15.3. The topological polar surface area (TPSA) is 547 Å². The van der Waals surface area contributed by atoms with Gasteiger partial charge in [0.15, 0.2) is 17.5 Å². The van der Waals surface area contributed by atoms with E-state index in [1.807, 2.05) is 25.1 Å². The molecule has 4 heterocycles. The van der Waals surface area contributed by atoms with Crippen LogP contribution in [0, 0.1) is 17.2 Å². The number of carbonyl (C=O) groups excluding carboxylic acids is 13. The van der Waals surface area contributed by atoms with Gasteiger partial charge in [-0.15, -0.1) is 0 Å². The number of nitrogens with two attached hydrogens (primary N) is 2. The van der Waals surface area contributed by atoms with E-state index in [4.69, 9.17) is 26.4 Å². The number of hydrogen-bond donors (Lipinski definition) is 16. The number of para-hydroxylation sites is 1. The second-order valence-electron chi connectivity index (χ2n) is 31.9. The number of aromatic amines is 2. The number of nitrogens with one attached hydrogen (secondary N) is 12. The normalized spacial score (nSPS) is 19.5. The molecule has 2 aromatic heterocycles. The number of amides is 10. The molecule has 6 rings (SSSR count). The molecule has 10 amide bonds. The molecule has 4 aromatic rings. The minimum atomic E-state index is -3.92. The Morgan fingerprint density at radius 3 is 2.03 bits per heavy atom. The predicted octanol–water partition coefficient (Wildman–Crippen LogP) is 4.04. The molecule has 2 saturated heterocycles. The van der Waals surface area contributed by atoms with Crippen LogP contribution in [-0.4, -0.2) is 228 Å². The Bertz CT molecular complexity index is 4090. The number of H-pyrrole nitrogens is 2. The molecule has 0 spiro atoms. The molecular weight excluding hydrogens is 1590 g/mol. The molecule has 0 bridgehead atoms. The van der Waals surface area contributed by atoms with Gasteiger partial charge in [-0.2, -0.15) is 0 Å². The second-order valence-corrected chi connectivity index (χ2v) is 33.8. The summed E-state index contributed by atoms with van der Waals surface area (Å²) >= 11 is 0. The molecule has 10 atom stereocenters. The smallest absolute Gasteiger partial charge is 0.246 e. The number of carbonyl (C=O) groups is 13.